The van der Waals surface area contributed by atoms with Gasteiger partial charge in [-0.15, -0.1) is 0 Å². The molecular weight excluding hydrogens is 421 g/mol. The molecule has 2 amide bonds. The Bertz CT molecular complexity index is 1050. The van der Waals surface area contributed by atoms with Crippen molar-refractivity contribution in [1.82, 2.24) is 9.88 Å². The van der Waals surface area contributed by atoms with Crippen LogP contribution in [-0.4, -0.2) is 51.8 Å². The number of anilines is 1. The highest BCUT2D eigenvalue weighted by molar-refractivity contribution is 6.06. The summed E-state index contributed by atoms with van der Waals surface area (Å²) in [6.45, 7) is 6.10. The van der Waals surface area contributed by atoms with Crippen molar-refractivity contribution in [2.24, 2.45) is 7.05 Å². The lowest BCUT2D eigenvalue weighted by Crippen LogP contribution is -2.49. The number of carbonyl (C=O) groups is 3. The quantitative estimate of drug-likeness (QED) is 0.473. The summed E-state index contributed by atoms with van der Waals surface area (Å²) in [5, 5.41) is 25.4. The second kappa shape index (κ2) is 9.92. The molecule has 2 aromatic rings. The van der Waals surface area contributed by atoms with Gasteiger partial charge >= 0.3 is 5.97 Å². The summed E-state index contributed by atoms with van der Waals surface area (Å²) in [6.07, 6.45) is -2.98. The molecule has 0 fully saturated rings. The fraction of sp³-hybridized carbons (Fsp3) is 0.409. The minimum absolute atomic E-state index is 0.148. The van der Waals surface area contributed by atoms with Gasteiger partial charge in [0.05, 0.1) is 24.5 Å². The van der Waals surface area contributed by atoms with Gasteiger partial charge in [-0.3, -0.25) is 9.59 Å². The first kappa shape index (κ1) is 25.0. The van der Waals surface area contributed by atoms with Crippen LogP contribution in [-0.2, 0) is 21.4 Å². The van der Waals surface area contributed by atoms with Gasteiger partial charge in [0.25, 0.3) is 11.8 Å². The summed E-state index contributed by atoms with van der Waals surface area (Å²) in [7, 11) is 2.69. The van der Waals surface area contributed by atoms with Crippen LogP contribution in [0.3, 0.4) is 0 Å². The number of hydrogen-bond donors (Lipinski definition) is 4. The Balaban J connectivity index is 2.33. The lowest BCUT2D eigenvalue weighted by molar-refractivity contribution is -0.149. The number of aryl methyl sites for hydroxylation is 1. The van der Waals surface area contributed by atoms with E-state index in [1.54, 1.807) is 27.8 Å². The van der Waals surface area contributed by atoms with E-state index in [2.05, 4.69) is 15.4 Å². The molecule has 174 valence electrons. The average Bonchev–Trinajstić information content (AvgIpc) is 2.95. The summed E-state index contributed by atoms with van der Waals surface area (Å²) in [4.78, 5) is 37.3. The molecule has 0 aliphatic heterocycles. The first-order valence-electron chi connectivity index (χ1n) is 9.88. The van der Waals surface area contributed by atoms with Crippen LogP contribution in [0.5, 0.6) is 0 Å². The molecule has 10 heteroatoms. The van der Waals surface area contributed by atoms with Crippen molar-refractivity contribution < 1.29 is 33.7 Å². The Morgan fingerprint density at radius 1 is 1.16 bits per heavy atom. The number of amides is 2. The maximum Gasteiger partial charge on any atom is 0.331 e. The van der Waals surface area contributed by atoms with Crippen LogP contribution in [0.15, 0.2) is 18.2 Å². The second-order valence-electron chi connectivity index (χ2n) is 7.60. The van der Waals surface area contributed by atoms with Crippen molar-refractivity contribution in [3.05, 3.63) is 52.1 Å². The van der Waals surface area contributed by atoms with E-state index < -0.39 is 41.9 Å². The number of halogens is 1. The Morgan fingerprint density at radius 3 is 2.31 bits per heavy atom. The number of nitrogens with zero attached hydrogens (tertiary/aromatic N) is 1. The van der Waals surface area contributed by atoms with Crippen LogP contribution in [0.4, 0.5) is 10.1 Å². The van der Waals surface area contributed by atoms with E-state index in [4.69, 9.17) is 0 Å². The van der Waals surface area contributed by atoms with Crippen molar-refractivity contribution >= 4 is 23.5 Å². The van der Waals surface area contributed by atoms with Gasteiger partial charge in [-0.05, 0) is 57.0 Å². The minimum atomic E-state index is -1.72. The molecule has 0 bridgehead atoms. The highest BCUT2D eigenvalue weighted by Gasteiger charge is 2.33. The van der Waals surface area contributed by atoms with Gasteiger partial charge in [0.1, 0.15) is 5.82 Å². The molecule has 0 aliphatic rings. The monoisotopic (exact) mass is 449 g/mol. The summed E-state index contributed by atoms with van der Waals surface area (Å²) in [6, 6.07) is 2.80. The summed E-state index contributed by atoms with van der Waals surface area (Å²) in [5.41, 5.74) is 2.01. The molecule has 2 rings (SSSR count). The number of esters is 1. The highest BCUT2D eigenvalue weighted by atomic mass is 19.1. The van der Waals surface area contributed by atoms with E-state index in [9.17, 15) is 29.0 Å². The predicted octanol–water partition coefficient (Wildman–Crippen LogP) is 1.41. The maximum atomic E-state index is 13.5. The third kappa shape index (κ3) is 4.97. The van der Waals surface area contributed by atoms with Crippen LogP contribution in [0, 0.1) is 26.6 Å². The van der Waals surface area contributed by atoms with E-state index >= 15 is 0 Å². The molecule has 0 saturated carbocycles. The third-order valence-electron chi connectivity index (χ3n) is 5.37. The van der Waals surface area contributed by atoms with Crippen LogP contribution >= 0.6 is 0 Å². The first-order valence-corrected chi connectivity index (χ1v) is 9.88. The Kier molecular flexibility index (Phi) is 7.76. The standard InChI is InChI=1S/C22H28FN3O6/c1-10-9-14(7-8-15(10)23)24-20(29)16-11(2)18(26(5)12(16)3)19(28)21(30)25-17(13(4)27)22(31)32-6/h7-9,13,17,19,27-28H,1-6H3,(H,24,29)(H,25,30)/t13-,17+,19?/m1/s1. The Labute approximate surface area is 185 Å². The van der Waals surface area contributed by atoms with Crippen LogP contribution < -0.4 is 10.6 Å². The third-order valence-corrected chi connectivity index (χ3v) is 5.37. The average molecular weight is 449 g/mol. The van der Waals surface area contributed by atoms with Crippen molar-refractivity contribution in [1.29, 1.82) is 0 Å². The van der Waals surface area contributed by atoms with Crippen LogP contribution in [0.25, 0.3) is 0 Å². The lowest BCUT2D eigenvalue weighted by atomic mass is 10.1. The van der Waals surface area contributed by atoms with E-state index in [-0.39, 0.29) is 11.3 Å². The molecule has 9 nitrogen and oxygen atoms in total. The zero-order valence-electron chi connectivity index (χ0n) is 18.8. The van der Waals surface area contributed by atoms with Crippen molar-refractivity contribution in [3.8, 4) is 0 Å². The number of aliphatic hydroxyl groups is 2. The molecule has 1 unspecified atom stereocenters. The number of methoxy groups -OCH3 is 1. The number of rotatable bonds is 7. The molecule has 4 N–H and O–H groups in total. The van der Waals surface area contributed by atoms with Crippen molar-refractivity contribution in [2.45, 2.75) is 45.9 Å². The summed E-state index contributed by atoms with van der Waals surface area (Å²) in [5.74, 6) is -2.69. The molecular formula is C22H28FN3O6. The molecule has 32 heavy (non-hydrogen) atoms. The van der Waals surface area contributed by atoms with Gasteiger partial charge in [0.15, 0.2) is 12.1 Å². The van der Waals surface area contributed by atoms with E-state index in [1.165, 1.54) is 29.7 Å². The minimum Gasteiger partial charge on any atom is -0.467 e. The maximum absolute atomic E-state index is 13.5. The topological polar surface area (TPSA) is 130 Å². The predicted molar refractivity (Wildman–Crippen MR) is 115 cm³/mol. The van der Waals surface area contributed by atoms with Gasteiger partial charge in [-0.2, -0.15) is 0 Å². The molecule has 1 aromatic heterocycles. The van der Waals surface area contributed by atoms with Gasteiger partial charge in [0.2, 0.25) is 0 Å². The smallest absolute Gasteiger partial charge is 0.331 e. The first-order chi connectivity index (χ1) is 14.9. The SMILES string of the molecule is COC(=O)[C@@H](NC(=O)C(O)c1c(C)c(C(=O)Nc2ccc(F)c(C)c2)c(C)n1C)[C@@H](C)O. The largest absolute Gasteiger partial charge is 0.467 e. The highest BCUT2D eigenvalue weighted by Crippen LogP contribution is 2.28. The molecule has 3 atom stereocenters. The molecule has 0 spiro atoms. The molecule has 0 aliphatic carbocycles. The van der Waals surface area contributed by atoms with Crippen LogP contribution in [0.2, 0.25) is 0 Å². The van der Waals surface area contributed by atoms with E-state index in [0.717, 1.165) is 7.11 Å². The number of aliphatic hydroxyl groups excluding tert-OH is 2. The van der Waals surface area contributed by atoms with Gasteiger partial charge in [0, 0.05) is 18.4 Å². The zero-order chi connectivity index (χ0) is 24.3. The Morgan fingerprint density at radius 2 is 1.78 bits per heavy atom. The van der Waals surface area contributed by atoms with Gasteiger partial charge < -0.3 is 30.2 Å². The van der Waals surface area contributed by atoms with Crippen molar-refractivity contribution in [2.75, 3.05) is 12.4 Å². The number of nitrogens with one attached hydrogen (secondary N) is 2. The normalized spacial score (nSPS) is 13.8. The molecule has 1 heterocycles. The van der Waals surface area contributed by atoms with E-state index in [1.807, 2.05) is 0 Å². The Hall–Kier alpha value is -3.24. The second-order valence-corrected chi connectivity index (χ2v) is 7.60. The van der Waals surface area contributed by atoms with E-state index in [0.29, 0.717) is 22.5 Å². The zero-order valence-corrected chi connectivity index (χ0v) is 18.8. The molecule has 0 saturated heterocycles. The van der Waals surface area contributed by atoms with Crippen LogP contribution in [0.1, 0.15) is 45.9 Å². The fourth-order valence-corrected chi connectivity index (χ4v) is 3.50. The molecule has 0 radical (unpaired) electrons. The number of ether oxygens (including phenoxy) is 1. The number of benzene rings is 1. The van der Waals surface area contributed by atoms with Gasteiger partial charge in [-0.25, -0.2) is 9.18 Å². The number of hydrogen-bond acceptors (Lipinski definition) is 6. The summed E-state index contributed by atoms with van der Waals surface area (Å²) >= 11 is 0. The summed E-state index contributed by atoms with van der Waals surface area (Å²) < 4.78 is 19.6. The van der Waals surface area contributed by atoms with Crippen molar-refractivity contribution in [3.63, 3.8) is 0 Å². The lowest BCUT2D eigenvalue weighted by Gasteiger charge is -2.21. The number of aromatic nitrogens is 1. The molecule has 1 aromatic carbocycles. The fourth-order valence-electron chi connectivity index (χ4n) is 3.50. The number of carbonyl (C=O) groups excluding carboxylic acids is 3. The van der Waals surface area contributed by atoms with Gasteiger partial charge in [-0.1, -0.05) is 0 Å².